The van der Waals surface area contributed by atoms with Gasteiger partial charge in [-0.3, -0.25) is 4.90 Å². The van der Waals surface area contributed by atoms with Gasteiger partial charge in [0, 0.05) is 56.7 Å². The van der Waals surface area contributed by atoms with Gasteiger partial charge >= 0.3 is 6.01 Å². The third-order valence-corrected chi connectivity index (χ3v) is 10.2. The normalized spacial score (nSPS) is 19.4. The minimum absolute atomic E-state index is 0.00893. The van der Waals surface area contributed by atoms with Gasteiger partial charge in [-0.25, -0.2) is 8.78 Å². The standard InChI is InChI=1S/C35H40ClF2N5O4/c1-4-23-25(37)6-5-20-15-22(44)16-24(26(20)23)27-29(36)32-28-31(30(27)38)40-34(41-33(28)42(3)21(17-39-2)7-12-46-32)47-19-35(8-9-35)18-43-10-13-45-14-11-43/h5-6,15-16,21,39,44H,4,7-14,17-19H2,1-3H3. The summed E-state index contributed by atoms with van der Waals surface area (Å²) in [5.41, 5.74) is 0.607. The molecule has 2 aliphatic heterocycles. The van der Waals surface area contributed by atoms with E-state index in [0.717, 1.165) is 45.7 Å². The third kappa shape index (κ3) is 5.92. The zero-order chi connectivity index (χ0) is 32.9. The number of aromatic hydroxyl groups is 1. The van der Waals surface area contributed by atoms with Crippen LogP contribution in [0.15, 0.2) is 24.3 Å². The predicted octanol–water partition coefficient (Wildman–Crippen LogP) is 5.95. The van der Waals surface area contributed by atoms with Gasteiger partial charge < -0.3 is 29.5 Å². The highest BCUT2D eigenvalue weighted by atomic mass is 35.5. The molecule has 9 nitrogen and oxygen atoms in total. The molecule has 0 spiro atoms. The summed E-state index contributed by atoms with van der Waals surface area (Å²) in [6.45, 7) is 7.33. The zero-order valence-electron chi connectivity index (χ0n) is 27.0. The number of hydrogen-bond acceptors (Lipinski definition) is 9. The summed E-state index contributed by atoms with van der Waals surface area (Å²) in [4.78, 5) is 13.9. The summed E-state index contributed by atoms with van der Waals surface area (Å²) in [6.07, 6.45) is 3.06. The number of morpholine rings is 1. The zero-order valence-corrected chi connectivity index (χ0v) is 27.7. The molecule has 3 heterocycles. The molecule has 1 unspecified atom stereocenters. The van der Waals surface area contributed by atoms with Crippen LogP contribution in [0, 0.1) is 17.0 Å². The van der Waals surface area contributed by atoms with Crippen LogP contribution in [0.25, 0.3) is 32.8 Å². The molecule has 1 aliphatic carbocycles. The molecule has 7 rings (SSSR count). The molecular formula is C35H40ClF2N5O4. The van der Waals surface area contributed by atoms with Crippen molar-refractivity contribution in [2.75, 3.05) is 71.6 Å². The molecule has 250 valence electrons. The summed E-state index contributed by atoms with van der Waals surface area (Å²) in [7, 11) is 3.80. The van der Waals surface area contributed by atoms with E-state index in [1.807, 2.05) is 25.9 Å². The Morgan fingerprint density at radius 1 is 1.13 bits per heavy atom. The van der Waals surface area contributed by atoms with Gasteiger partial charge in [0.15, 0.2) is 11.6 Å². The van der Waals surface area contributed by atoms with E-state index in [-0.39, 0.29) is 50.6 Å². The van der Waals surface area contributed by atoms with Gasteiger partial charge in [-0.05, 0) is 66.4 Å². The molecular weight excluding hydrogens is 628 g/mol. The maximum absolute atomic E-state index is 17.2. The highest BCUT2D eigenvalue weighted by Gasteiger charge is 2.45. The van der Waals surface area contributed by atoms with Crippen molar-refractivity contribution in [2.45, 2.75) is 38.6 Å². The molecule has 3 aliphatic rings. The fraction of sp³-hybridized carbons (Fsp3) is 0.486. The minimum atomic E-state index is -0.724. The van der Waals surface area contributed by atoms with Crippen molar-refractivity contribution in [1.82, 2.24) is 20.2 Å². The number of aryl methyl sites for hydroxylation is 1. The number of rotatable bonds is 9. The lowest BCUT2D eigenvalue weighted by Crippen LogP contribution is -2.42. The van der Waals surface area contributed by atoms with Crippen LogP contribution in [0.2, 0.25) is 5.02 Å². The number of nitrogens with zero attached hydrogens (tertiary/aromatic N) is 4. The van der Waals surface area contributed by atoms with Crippen LogP contribution in [0.1, 0.15) is 31.7 Å². The lowest BCUT2D eigenvalue weighted by Gasteiger charge is -2.33. The number of halogens is 3. The summed E-state index contributed by atoms with van der Waals surface area (Å²) < 4.78 is 50.5. The number of fused-ring (bicyclic) bond motifs is 1. The van der Waals surface area contributed by atoms with E-state index in [2.05, 4.69) is 15.2 Å². The molecule has 2 N–H and O–H groups in total. The van der Waals surface area contributed by atoms with Crippen molar-refractivity contribution in [2.24, 2.45) is 5.41 Å². The first-order chi connectivity index (χ1) is 22.7. The van der Waals surface area contributed by atoms with Crippen molar-refractivity contribution in [3.63, 3.8) is 0 Å². The maximum atomic E-state index is 17.2. The maximum Gasteiger partial charge on any atom is 0.319 e. The Morgan fingerprint density at radius 3 is 2.64 bits per heavy atom. The fourth-order valence-electron chi connectivity index (χ4n) is 7.08. The molecule has 1 saturated carbocycles. The SMILES string of the molecule is CCc1c(F)ccc2cc(O)cc(-c3c(Cl)c4c5c(nc(OCC6(CN7CCOCC7)CC6)nc5c3F)N(C)C(CNC)CCO4)c12. The van der Waals surface area contributed by atoms with Gasteiger partial charge in [0.25, 0.3) is 0 Å². The Labute approximate surface area is 277 Å². The van der Waals surface area contributed by atoms with Crippen molar-refractivity contribution < 1.29 is 28.1 Å². The number of likely N-dealkylation sites (N-methyl/N-ethyl adjacent to an activating group) is 2. The van der Waals surface area contributed by atoms with Crippen LogP contribution in [0.3, 0.4) is 0 Å². The second-order valence-electron chi connectivity index (χ2n) is 13.0. The first kappa shape index (κ1) is 32.1. The number of benzene rings is 3. The van der Waals surface area contributed by atoms with Crippen LogP contribution >= 0.6 is 11.6 Å². The van der Waals surface area contributed by atoms with E-state index in [0.29, 0.717) is 60.1 Å². The number of nitrogens with one attached hydrogen (secondary N) is 1. The molecule has 47 heavy (non-hydrogen) atoms. The fourth-order valence-corrected chi connectivity index (χ4v) is 7.42. The van der Waals surface area contributed by atoms with Crippen LogP contribution in [0.5, 0.6) is 17.5 Å². The molecule has 0 bridgehead atoms. The molecule has 1 aromatic heterocycles. The highest BCUT2D eigenvalue weighted by Crippen LogP contribution is 2.51. The van der Waals surface area contributed by atoms with Gasteiger partial charge in [-0.15, -0.1) is 0 Å². The van der Waals surface area contributed by atoms with E-state index in [9.17, 15) is 5.11 Å². The van der Waals surface area contributed by atoms with Gasteiger partial charge in [0.2, 0.25) is 0 Å². The van der Waals surface area contributed by atoms with Gasteiger partial charge in [-0.2, -0.15) is 9.97 Å². The summed E-state index contributed by atoms with van der Waals surface area (Å²) in [6, 6.07) is 5.94. The number of phenolic OH excluding ortho intramolecular Hbond substituents is 1. The van der Waals surface area contributed by atoms with Crippen molar-refractivity contribution in [3.05, 3.63) is 46.5 Å². The monoisotopic (exact) mass is 667 g/mol. The number of anilines is 1. The molecule has 1 saturated heterocycles. The highest BCUT2D eigenvalue weighted by molar-refractivity contribution is 6.37. The molecule has 1 atom stereocenters. The topological polar surface area (TPSA) is 92.2 Å². The van der Waals surface area contributed by atoms with Gasteiger partial charge in [-0.1, -0.05) is 24.6 Å². The quantitative estimate of drug-likeness (QED) is 0.225. The largest absolute Gasteiger partial charge is 0.508 e. The summed E-state index contributed by atoms with van der Waals surface area (Å²) in [5.74, 6) is -0.550. The molecule has 12 heteroatoms. The van der Waals surface area contributed by atoms with Crippen LogP contribution in [-0.4, -0.2) is 92.7 Å². The van der Waals surface area contributed by atoms with Gasteiger partial charge in [0.05, 0.1) is 36.8 Å². The molecule has 0 amide bonds. The Bertz CT molecular complexity index is 1830. The Kier molecular flexibility index (Phi) is 8.75. The average Bonchev–Trinajstić information content (AvgIpc) is 3.83. The van der Waals surface area contributed by atoms with E-state index in [4.69, 9.17) is 30.8 Å². The third-order valence-electron chi connectivity index (χ3n) is 9.86. The first-order valence-corrected chi connectivity index (χ1v) is 16.7. The van der Waals surface area contributed by atoms with E-state index in [1.165, 1.54) is 18.2 Å². The second-order valence-corrected chi connectivity index (χ2v) is 13.4. The van der Waals surface area contributed by atoms with Crippen molar-refractivity contribution in [3.8, 4) is 28.6 Å². The summed E-state index contributed by atoms with van der Waals surface area (Å²) in [5, 5.41) is 15.3. The Hall–Kier alpha value is -3.51. The van der Waals surface area contributed by atoms with Crippen LogP contribution in [0.4, 0.5) is 14.6 Å². The number of phenols is 1. The Balaban J connectivity index is 1.40. The second kappa shape index (κ2) is 12.8. The molecule has 2 fully saturated rings. The van der Waals surface area contributed by atoms with E-state index in [1.54, 1.807) is 6.07 Å². The van der Waals surface area contributed by atoms with Crippen molar-refractivity contribution in [1.29, 1.82) is 0 Å². The van der Waals surface area contributed by atoms with Gasteiger partial charge in [0.1, 0.15) is 22.9 Å². The van der Waals surface area contributed by atoms with Crippen LogP contribution < -0.4 is 19.7 Å². The van der Waals surface area contributed by atoms with E-state index >= 15 is 8.78 Å². The molecule has 4 aromatic rings. The smallest absolute Gasteiger partial charge is 0.319 e. The lowest BCUT2D eigenvalue weighted by molar-refractivity contribution is 0.0231. The first-order valence-electron chi connectivity index (χ1n) is 16.3. The van der Waals surface area contributed by atoms with E-state index < -0.39 is 11.6 Å². The molecule has 3 aromatic carbocycles. The van der Waals surface area contributed by atoms with Crippen molar-refractivity contribution >= 4 is 39.1 Å². The number of aromatic nitrogens is 2. The Morgan fingerprint density at radius 2 is 1.91 bits per heavy atom. The average molecular weight is 668 g/mol. The molecule has 0 radical (unpaired) electrons. The summed E-state index contributed by atoms with van der Waals surface area (Å²) >= 11 is 7.08. The minimum Gasteiger partial charge on any atom is -0.508 e. The number of hydrogen-bond donors (Lipinski definition) is 2. The van der Waals surface area contributed by atoms with Crippen LogP contribution in [-0.2, 0) is 11.2 Å². The number of ether oxygens (including phenoxy) is 3. The lowest BCUT2D eigenvalue weighted by atomic mass is 9.91. The predicted molar refractivity (Wildman–Crippen MR) is 179 cm³/mol.